The van der Waals surface area contributed by atoms with Crippen molar-refractivity contribution in [3.05, 3.63) is 12.2 Å². The zero-order valence-electron chi connectivity index (χ0n) is 7.84. The van der Waals surface area contributed by atoms with Gasteiger partial charge in [-0.1, -0.05) is 19.9 Å². The summed E-state index contributed by atoms with van der Waals surface area (Å²) in [6, 6.07) is 0. The van der Waals surface area contributed by atoms with Gasteiger partial charge in [-0.3, -0.25) is 4.79 Å². The quantitative estimate of drug-likeness (QED) is 0.525. The zero-order chi connectivity index (χ0) is 11.0. The molecule has 2 atom stereocenters. The minimum absolute atomic E-state index is 0.188. The number of halogens is 3. The summed E-state index contributed by atoms with van der Waals surface area (Å²) in [4.78, 5) is 10.0. The Kier molecular flexibility index (Phi) is 2.61. The van der Waals surface area contributed by atoms with Gasteiger partial charge in [0.1, 0.15) is 6.10 Å². The highest BCUT2D eigenvalue weighted by Gasteiger charge is 2.59. The summed E-state index contributed by atoms with van der Waals surface area (Å²) in [6.45, 7) is 3.78. The van der Waals surface area contributed by atoms with E-state index in [0.29, 0.717) is 0 Å². The van der Waals surface area contributed by atoms with Gasteiger partial charge in [0, 0.05) is 17.4 Å². The Labute approximate surface area is 79.7 Å². The lowest BCUT2D eigenvalue weighted by Crippen LogP contribution is -2.01. The van der Waals surface area contributed by atoms with Crippen molar-refractivity contribution >= 4 is 6.47 Å². The molecular formula is C9H11F3O2. The van der Waals surface area contributed by atoms with Crippen LogP contribution in [0.25, 0.3) is 0 Å². The molecule has 1 aliphatic carbocycles. The van der Waals surface area contributed by atoms with Crippen LogP contribution in [-0.2, 0) is 9.53 Å². The number of alkyl halides is 3. The van der Waals surface area contributed by atoms with Crippen molar-refractivity contribution in [2.75, 3.05) is 0 Å². The molecule has 80 valence electrons. The van der Waals surface area contributed by atoms with E-state index in [4.69, 9.17) is 0 Å². The fourth-order valence-electron chi connectivity index (χ4n) is 1.51. The minimum Gasteiger partial charge on any atom is -0.463 e. The number of hydrogen-bond acceptors (Lipinski definition) is 2. The van der Waals surface area contributed by atoms with Crippen LogP contribution in [0.5, 0.6) is 0 Å². The fraction of sp³-hybridized carbons (Fsp3) is 0.667. The fourth-order valence-corrected chi connectivity index (χ4v) is 1.51. The average molecular weight is 208 g/mol. The van der Waals surface area contributed by atoms with Crippen molar-refractivity contribution in [3.63, 3.8) is 0 Å². The highest BCUT2D eigenvalue weighted by atomic mass is 19.4. The van der Waals surface area contributed by atoms with Crippen LogP contribution in [0, 0.1) is 11.3 Å². The molecule has 0 saturated heterocycles. The molecule has 0 aromatic heterocycles. The van der Waals surface area contributed by atoms with Gasteiger partial charge in [0.2, 0.25) is 0 Å². The Hall–Kier alpha value is -1.00. The van der Waals surface area contributed by atoms with E-state index in [1.54, 1.807) is 13.8 Å². The summed E-state index contributed by atoms with van der Waals surface area (Å²) in [5, 5.41) is 0. The molecule has 1 aliphatic rings. The van der Waals surface area contributed by atoms with E-state index >= 15 is 0 Å². The molecule has 0 aliphatic heterocycles. The van der Waals surface area contributed by atoms with E-state index in [9.17, 15) is 18.0 Å². The van der Waals surface area contributed by atoms with Gasteiger partial charge in [0.25, 0.3) is 6.47 Å². The standard InChI is InChI=1S/C9H11F3O2/c1-8(2)6(7(8)14-5-13)3-4-9(10,11)12/h3-7H,1-2H3/b4-3-/t6?,7-/m1/s1. The monoisotopic (exact) mass is 208 g/mol. The number of hydrogen-bond donors (Lipinski definition) is 0. The van der Waals surface area contributed by atoms with Crippen LogP contribution in [0.3, 0.4) is 0 Å². The first kappa shape index (κ1) is 11.1. The second kappa shape index (κ2) is 3.29. The molecule has 14 heavy (non-hydrogen) atoms. The van der Waals surface area contributed by atoms with E-state index in [2.05, 4.69) is 4.74 Å². The van der Waals surface area contributed by atoms with E-state index < -0.39 is 12.3 Å². The first-order valence-corrected chi connectivity index (χ1v) is 4.14. The second-order valence-corrected chi connectivity index (χ2v) is 3.90. The van der Waals surface area contributed by atoms with Crippen LogP contribution in [-0.4, -0.2) is 18.8 Å². The Balaban J connectivity index is 2.57. The number of carbonyl (C=O) groups is 1. The third-order valence-corrected chi connectivity index (χ3v) is 2.50. The maximum Gasteiger partial charge on any atom is 0.409 e. The Morgan fingerprint density at radius 1 is 1.36 bits per heavy atom. The molecule has 0 aromatic carbocycles. The summed E-state index contributed by atoms with van der Waals surface area (Å²) in [6.07, 6.45) is -3.50. The van der Waals surface area contributed by atoms with Crippen molar-refractivity contribution in [2.24, 2.45) is 11.3 Å². The third-order valence-electron chi connectivity index (χ3n) is 2.50. The Bertz CT molecular complexity index is 255. The van der Waals surface area contributed by atoms with Crippen molar-refractivity contribution in [1.29, 1.82) is 0 Å². The predicted molar refractivity (Wildman–Crippen MR) is 43.4 cm³/mol. The predicted octanol–water partition coefficient (Wildman–Crippen LogP) is 2.30. The maximum absolute atomic E-state index is 11.8. The van der Waals surface area contributed by atoms with E-state index in [0.717, 1.165) is 6.08 Å². The highest BCUT2D eigenvalue weighted by Crippen LogP contribution is 2.54. The van der Waals surface area contributed by atoms with Gasteiger partial charge < -0.3 is 4.74 Å². The maximum atomic E-state index is 11.8. The van der Waals surface area contributed by atoms with Crippen molar-refractivity contribution in [2.45, 2.75) is 26.1 Å². The molecule has 5 heteroatoms. The van der Waals surface area contributed by atoms with Gasteiger partial charge >= 0.3 is 6.18 Å². The molecule has 0 heterocycles. The SMILES string of the molecule is CC1(C)C(/C=C\C(F)(F)F)[C@H]1OC=O. The number of ether oxygens (including phenoxy) is 1. The van der Waals surface area contributed by atoms with Crippen LogP contribution in [0.15, 0.2) is 12.2 Å². The van der Waals surface area contributed by atoms with Gasteiger partial charge in [-0.25, -0.2) is 0 Å². The van der Waals surface area contributed by atoms with Crippen molar-refractivity contribution in [1.82, 2.24) is 0 Å². The van der Waals surface area contributed by atoms with E-state index in [1.165, 1.54) is 0 Å². The third kappa shape index (κ3) is 2.27. The Morgan fingerprint density at radius 2 is 1.93 bits per heavy atom. The van der Waals surface area contributed by atoms with Crippen molar-refractivity contribution < 1.29 is 22.7 Å². The van der Waals surface area contributed by atoms with Crippen LogP contribution >= 0.6 is 0 Å². The highest BCUT2D eigenvalue weighted by molar-refractivity contribution is 5.40. The van der Waals surface area contributed by atoms with Crippen LogP contribution in [0.2, 0.25) is 0 Å². The van der Waals surface area contributed by atoms with Gasteiger partial charge in [-0.05, 0) is 0 Å². The van der Waals surface area contributed by atoms with Gasteiger partial charge in [0.05, 0.1) is 0 Å². The largest absolute Gasteiger partial charge is 0.463 e. The van der Waals surface area contributed by atoms with E-state index in [-0.39, 0.29) is 23.9 Å². The van der Waals surface area contributed by atoms with Crippen LogP contribution in [0.4, 0.5) is 13.2 Å². The Morgan fingerprint density at radius 3 is 2.36 bits per heavy atom. The van der Waals surface area contributed by atoms with Crippen molar-refractivity contribution in [3.8, 4) is 0 Å². The zero-order valence-corrected chi connectivity index (χ0v) is 7.84. The normalized spacial score (nSPS) is 30.4. The molecule has 0 N–H and O–H groups in total. The lowest BCUT2D eigenvalue weighted by Gasteiger charge is -1.98. The molecule has 0 bridgehead atoms. The van der Waals surface area contributed by atoms with Gasteiger partial charge in [-0.15, -0.1) is 0 Å². The molecule has 0 amide bonds. The molecule has 2 nitrogen and oxygen atoms in total. The first-order chi connectivity index (χ1) is 6.29. The van der Waals surface area contributed by atoms with Gasteiger partial charge in [-0.2, -0.15) is 13.2 Å². The molecular weight excluding hydrogens is 197 g/mol. The molecule has 1 unspecified atom stereocenters. The minimum atomic E-state index is -4.30. The second-order valence-electron chi connectivity index (χ2n) is 3.90. The molecule has 0 spiro atoms. The summed E-state index contributed by atoms with van der Waals surface area (Å²) in [5.41, 5.74) is -0.386. The topological polar surface area (TPSA) is 26.3 Å². The number of rotatable bonds is 3. The van der Waals surface area contributed by atoms with Crippen LogP contribution < -0.4 is 0 Å². The summed E-state index contributed by atoms with van der Waals surface area (Å²) >= 11 is 0. The smallest absolute Gasteiger partial charge is 0.409 e. The lowest BCUT2D eigenvalue weighted by atomic mass is 10.1. The lowest BCUT2D eigenvalue weighted by molar-refractivity contribution is -0.130. The molecule has 1 saturated carbocycles. The van der Waals surface area contributed by atoms with Gasteiger partial charge in [0.15, 0.2) is 0 Å². The van der Waals surface area contributed by atoms with Crippen LogP contribution in [0.1, 0.15) is 13.8 Å². The summed E-state index contributed by atoms with van der Waals surface area (Å²) in [7, 11) is 0. The summed E-state index contributed by atoms with van der Waals surface area (Å²) < 4.78 is 40.1. The molecule has 0 radical (unpaired) electrons. The molecule has 1 rings (SSSR count). The average Bonchev–Trinajstić information content (AvgIpc) is 2.49. The van der Waals surface area contributed by atoms with E-state index in [1.807, 2.05) is 0 Å². The first-order valence-electron chi connectivity index (χ1n) is 4.14. The number of carbonyl (C=O) groups excluding carboxylic acids is 1. The molecule has 1 fully saturated rings. The number of allylic oxidation sites excluding steroid dienone is 1. The molecule has 0 aromatic rings. The summed E-state index contributed by atoms with van der Waals surface area (Å²) in [5.74, 6) is -0.339.